The third-order valence-electron chi connectivity index (χ3n) is 3.30. The molecule has 21 heavy (non-hydrogen) atoms. The molecule has 110 valence electrons. The number of hydrogen-bond donors (Lipinski definition) is 2. The molecule has 1 amide bonds. The maximum absolute atomic E-state index is 11.8. The van der Waals surface area contributed by atoms with Crippen LogP contribution in [-0.2, 0) is 11.3 Å². The fourth-order valence-corrected chi connectivity index (χ4v) is 2.21. The number of carbonyl (C=O) groups excluding carboxylic acids is 1. The Balaban J connectivity index is 1.76. The Morgan fingerprint density at radius 2 is 1.76 bits per heavy atom. The van der Waals surface area contributed by atoms with E-state index in [9.17, 15) is 4.79 Å². The molecule has 2 aromatic carbocycles. The molecule has 3 nitrogen and oxygen atoms in total. The second-order valence-electron chi connectivity index (χ2n) is 4.88. The number of carbonyl (C=O) groups is 1. The van der Waals surface area contributed by atoms with Gasteiger partial charge in [-0.05, 0) is 24.1 Å². The molecule has 0 spiro atoms. The van der Waals surface area contributed by atoms with E-state index in [2.05, 4.69) is 10.6 Å². The van der Waals surface area contributed by atoms with Crippen LogP contribution in [0.1, 0.15) is 24.1 Å². The third-order valence-corrected chi connectivity index (χ3v) is 3.67. The van der Waals surface area contributed by atoms with E-state index in [1.165, 1.54) is 0 Å². The molecule has 0 saturated heterocycles. The lowest BCUT2D eigenvalue weighted by Gasteiger charge is -2.14. The van der Waals surface area contributed by atoms with E-state index in [1.54, 1.807) is 0 Å². The van der Waals surface area contributed by atoms with Gasteiger partial charge in [-0.1, -0.05) is 60.1 Å². The van der Waals surface area contributed by atoms with E-state index < -0.39 is 0 Å². The van der Waals surface area contributed by atoms with Crippen LogP contribution in [0.25, 0.3) is 0 Å². The van der Waals surface area contributed by atoms with Crippen LogP contribution in [0.15, 0.2) is 54.6 Å². The number of hydrogen-bond acceptors (Lipinski definition) is 2. The van der Waals surface area contributed by atoms with Crippen molar-refractivity contribution in [3.63, 3.8) is 0 Å². The Morgan fingerprint density at radius 1 is 1.10 bits per heavy atom. The van der Waals surface area contributed by atoms with Crippen LogP contribution in [-0.4, -0.2) is 12.5 Å². The molecule has 0 aliphatic carbocycles. The van der Waals surface area contributed by atoms with Gasteiger partial charge in [-0.3, -0.25) is 4.79 Å². The van der Waals surface area contributed by atoms with E-state index >= 15 is 0 Å². The van der Waals surface area contributed by atoms with E-state index in [0.29, 0.717) is 11.6 Å². The zero-order chi connectivity index (χ0) is 15.1. The topological polar surface area (TPSA) is 41.1 Å². The molecule has 2 aromatic rings. The Morgan fingerprint density at radius 3 is 2.48 bits per heavy atom. The highest BCUT2D eigenvalue weighted by Crippen LogP contribution is 2.14. The van der Waals surface area contributed by atoms with Crippen LogP contribution in [0, 0.1) is 0 Å². The zero-order valence-corrected chi connectivity index (χ0v) is 12.7. The fourth-order valence-electron chi connectivity index (χ4n) is 2.00. The van der Waals surface area contributed by atoms with Crippen molar-refractivity contribution in [1.29, 1.82) is 0 Å². The number of halogens is 1. The van der Waals surface area contributed by atoms with Crippen molar-refractivity contribution in [2.24, 2.45) is 0 Å². The van der Waals surface area contributed by atoms with E-state index in [4.69, 9.17) is 11.6 Å². The van der Waals surface area contributed by atoms with Crippen LogP contribution in [0.3, 0.4) is 0 Å². The van der Waals surface area contributed by atoms with E-state index in [0.717, 1.165) is 11.1 Å². The van der Waals surface area contributed by atoms with Crippen LogP contribution in [0.4, 0.5) is 0 Å². The van der Waals surface area contributed by atoms with Gasteiger partial charge in [0.1, 0.15) is 0 Å². The number of benzene rings is 2. The molecule has 0 unspecified atom stereocenters. The average molecular weight is 303 g/mol. The van der Waals surface area contributed by atoms with Crippen molar-refractivity contribution < 1.29 is 4.79 Å². The van der Waals surface area contributed by atoms with Gasteiger partial charge >= 0.3 is 0 Å². The minimum Gasteiger partial charge on any atom is -0.351 e. The Hall–Kier alpha value is -1.84. The Labute approximate surface area is 130 Å². The summed E-state index contributed by atoms with van der Waals surface area (Å²) < 4.78 is 0. The van der Waals surface area contributed by atoms with Gasteiger partial charge in [0.15, 0.2) is 0 Å². The van der Waals surface area contributed by atoms with Crippen LogP contribution >= 0.6 is 11.6 Å². The van der Waals surface area contributed by atoms with Gasteiger partial charge in [0.2, 0.25) is 5.91 Å². The first-order valence-corrected chi connectivity index (χ1v) is 7.33. The summed E-state index contributed by atoms with van der Waals surface area (Å²) in [6, 6.07) is 17.7. The highest BCUT2D eigenvalue weighted by molar-refractivity contribution is 6.31. The lowest BCUT2D eigenvalue weighted by Crippen LogP contribution is -2.34. The molecular formula is C17H19ClN2O. The fraction of sp³-hybridized carbons (Fsp3) is 0.235. The smallest absolute Gasteiger partial charge is 0.234 e. The van der Waals surface area contributed by atoms with Gasteiger partial charge in [0.05, 0.1) is 6.54 Å². The van der Waals surface area contributed by atoms with Crippen molar-refractivity contribution in [2.45, 2.75) is 19.5 Å². The predicted octanol–water partition coefficient (Wildman–Crippen LogP) is 3.31. The van der Waals surface area contributed by atoms with Gasteiger partial charge in [-0.25, -0.2) is 0 Å². The molecule has 0 bridgehead atoms. The van der Waals surface area contributed by atoms with Gasteiger partial charge < -0.3 is 10.6 Å². The summed E-state index contributed by atoms with van der Waals surface area (Å²) in [6.45, 7) is 2.76. The highest BCUT2D eigenvalue weighted by atomic mass is 35.5. The van der Waals surface area contributed by atoms with Crippen molar-refractivity contribution >= 4 is 17.5 Å². The standard InChI is InChI=1S/C17H19ClN2O/c1-13(14-7-3-2-4-8-14)19-12-17(21)20-11-15-9-5-6-10-16(15)18/h2-10,13,19H,11-12H2,1H3,(H,20,21)/t13-/m1/s1. The summed E-state index contributed by atoms with van der Waals surface area (Å²) in [4.78, 5) is 11.8. The van der Waals surface area contributed by atoms with Crippen molar-refractivity contribution in [1.82, 2.24) is 10.6 Å². The molecule has 0 radical (unpaired) electrons. The summed E-state index contributed by atoms with van der Waals surface area (Å²) in [7, 11) is 0. The lowest BCUT2D eigenvalue weighted by molar-refractivity contribution is -0.120. The van der Waals surface area contributed by atoms with Gasteiger partial charge in [0, 0.05) is 17.6 Å². The summed E-state index contributed by atoms with van der Waals surface area (Å²) in [5.41, 5.74) is 2.08. The summed E-state index contributed by atoms with van der Waals surface area (Å²) in [5.74, 6) is -0.0438. The van der Waals surface area contributed by atoms with Crippen LogP contribution < -0.4 is 10.6 Å². The van der Waals surface area contributed by atoms with Crippen molar-refractivity contribution in [3.05, 3.63) is 70.7 Å². The SMILES string of the molecule is C[C@@H](NCC(=O)NCc1ccccc1Cl)c1ccccc1. The van der Waals surface area contributed by atoms with E-state index in [1.807, 2.05) is 61.5 Å². The molecule has 2 N–H and O–H groups in total. The number of amides is 1. The van der Waals surface area contributed by atoms with Crippen molar-refractivity contribution in [3.8, 4) is 0 Å². The van der Waals surface area contributed by atoms with Gasteiger partial charge in [-0.2, -0.15) is 0 Å². The molecule has 0 aromatic heterocycles. The average Bonchev–Trinajstić information content (AvgIpc) is 2.52. The van der Waals surface area contributed by atoms with Gasteiger partial charge in [-0.15, -0.1) is 0 Å². The molecule has 0 fully saturated rings. The maximum atomic E-state index is 11.8. The number of rotatable bonds is 6. The third kappa shape index (κ3) is 4.88. The highest BCUT2D eigenvalue weighted by Gasteiger charge is 2.07. The predicted molar refractivity (Wildman–Crippen MR) is 86.2 cm³/mol. The van der Waals surface area contributed by atoms with Crippen molar-refractivity contribution in [2.75, 3.05) is 6.54 Å². The minimum absolute atomic E-state index is 0.0438. The first-order chi connectivity index (χ1) is 10.2. The second kappa shape index (κ2) is 7.81. The molecule has 0 saturated carbocycles. The first kappa shape index (κ1) is 15.5. The molecule has 1 atom stereocenters. The first-order valence-electron chi connectivity index (χ1n) is 6.95. The van der Waals surface area contributed by atoms with Gasteiger partial charge in [0.25, 0.3) is 0 Å². The quantitative estimate of drug-likeness (QED) is 0.859. The molecule has 2 rings (SSSR count). The number of nitrogens with one attached hydrogen (secondary N) is 2. The summed E-state index contributed by atoms with van der Waals surface area (Å²) >= 11 is 6.05. The van der Waals surface area contributed by atoms with Crippen LogP contribution in [0.2, 0.25) is 5.02 Å². The van der Waals surface area contributed by atoms with Crippen LogP contribution in [0.5, 0.6) is 0 Å². The second-order valence-corrected chi connectivity index (χ2v) is 5.29. The molecule has 4 heteroatoms. The summed E-state index contributed by atoms with van der Waals surface area (Å²) in [5, 5.41) is 6.74. The molecule has 0 aliphatic heterocycles. The Bertz CT molecular complexity index is 586. The monoisotopic (exact) mass is 302 g/mol. The summed E-state index contributed by atoms with van der Waals surface area (Å²) in [6.07, 6.45) is 0. The minimum atomic E-state index is -0.0438. The molecule has 0 aliphatic rings. The molecular weight excluding hydrogens is 284 g/mol. The van der Waals surface area contributed by atoms with E-state index in [-0.39, 0.29) is 18.5 Å². The maximum Gasteiger partial charge on any atom is 0.234 e. The largest absolute Gasteiger partial charge is 0.351 e. The lowest BCUT2D eigenvalue weighted by atomic mass is 10.1. The zero-order valence-electron chi connectivity index (χ0n) is 12.0. The Kier molecular flexibility index (Phi) is 5.78. The molecule has 0 heterocycles. The normalized spacial score (nSPS) is 11.9.